The first-order valence-electron chi connectivity index (χ1n) is 6.19. The molecule has 0 fully saturated rings. The van der Waals surface area contributed by atoms with Gasteiger partial charge in [0.25, 0.3) is 10.0 Å². The SMILES string of the molecule is CCc1cnc(CNS(=O)(=O)c2cc(C)c(CN)s2)o1. The van der Waals surface area contributed by atoms with E-state index in [-0.39, 0.29) is 10.8 Å². The molecule has 0 saturated heterocycles. The maximum atomic E-state index is 12.2. The Labute approximate surface area is 122 Å². The normalized spacial score (nSPS) is 11.9. The zero-order valence-electron chi connectivity index (χ0n) is 11.3. The number of nitrogens with one attached hydrogen (secondary N) is 1. The third-order valence-corrected chi connectivity index (χ3v) is 5.95. The fourth-order valence-corrected chi connectivity index (χ4v) is 4.13. The van der Waals surface area contributed by atoms with Crippen molar-refractivity contribution < 1.29 is 12.8 Å². The van der Waals surface area contributed by atoms with Gasteiger partial charge in [-0.2, -0.15) is 0 Å². The molecule has 0 aliphatic rings. The molecule has 3 N–H and O–H groups in total. The summed E-state index contributed by atoms with van der Waals surface area (Å²) in [5.74, 6) is 1.09. The largest absolute Gasteiger partial charge is 0.444 e. The summed E-state index contributed by atoms with van der Waals surface area (Å²) in [4.78, 5) is 4.88. The van der Waals surface area contributed by atoms with Crippen LogP contribution in [0.2, 0.25) is 0 Å². The van der Waals surface area contributed by atoms with Crippen molar-refractivity contribution in [3.63, 3.8) is 0 Å². The van der Waals surface area contributed by atoms with Gasteiger partial charge in [0.2, 0.25) is 5.89 Å². The molecule has 0 saturated carbocycles. The van der Waals surface area contributed by atoms with E-state index in [2.05, 4.69) is 9.71 Å². The summed E-state index contributed by atoms with van der Waals surface area (Å²) in [6, 6.07) is 1.63. The number of hydrogen-bond donors (Lipinski definition) is 2. The van der Waals surface area contributed by atoms with E-state index in [9.17, 15) is 8.42 Å². The van der Waals surface area contributed by atoms with Gasteiger partial charge in [-0.15, -0.1) is 11.3 Å². The number of aryl methyl sites for hydroxylation is 2. The smallest absolute Gasteiger partial charge is 0.250 e. The van der Waals surface area contributed by atoms with E-state index >= 15 is 0 Å². The number of oxazole rings is 1. The molecule has 2 rings (SSSR count). The van der Waals surface area contributed by atoms with Crippen molar-refractivity contribution in [2.45, 2.75) is 37.6 Å². The van der Waals surface area contributed by atoms with Crippen molar-refractivity contribution in [3.05, 3.63) is 34.4 Å². The Balaban J connectivity index is 2.10. The summed E-state index contributed by atoms with van der Waals surface area (Å²) in [5, 5.41) is 0. The van der Waals surface area contributed by atoms with Gasteiger partial charge in [0.1, 0.15) is 9.97 Å². The van der Waals surface area contributed by atoms with Crippen LogP contribution >= 0.6 is 11.3 Å². The zero-order chi connectivity index (χ0) is 14.8. The van der Waals surface area contributed by atoms with Gasteiger partial charge in [-0.1, -0.05) is 6.92 Å². The summed E-state index contributed by atoms with van der Waals surface area (Å²) in [6.07, 6.45) is 2.33. The van der Waals surface area contributed by atoms with E-state index in [1.807, 2.05) is 13.8 Å². The second-order valence-electron chi connectivity index (χ2n) is 4.27. The quantitative estimate of drug-likeness (QED) is 0.842. The van der Waals surface area contributed by atoms with Gasteiger partial charge in [-0.3, -0.25) is 0 Å². The van der Waals surface area contributed by atoms with E-state index in [1.165, 1.54) is 11.3 Å². The molecule has 0 aliphatic carbocycles. The fraction of sp³-hybridized carbons (Fsp3) is 0.417. The maximum absolute atomic E-state index is 12.2. The van der Waals surface area contributed by atoms with Crippen molar-refractivity contribution in [2.24, 2.45) is 5.73 Å². The molecule has 0 unspecified atom stereocenters. The van der Waals surface area contributed by atoms with Gasteiger partial charge in [-0.05, 0) is 18.6 Å². The highest BCUT2D eigenvalue weighted by atomic mass is 32.2. The molecule has 20 heavy (non-hydrogen) atoms. The van der Waals surface area contributed by atoms with E-state index in [0.29, 0.717) is 12.4 Å². The molecule has 0 spiro atoms. The minimum atomic E-state index is -3.55. The highest BCUT2D eigenvalue weighted by Crippen LogP contribution is 2.25. The first kappa shape index (κ1) is 15.2. The predicted molar refractivity (Wildman–Crippen MR) is 76.9 cm³/mol. The summed E-state index contributed by atoms with van der Waals surface area (Å²) in [7, 11) is -3.55. The van der Waals surface area contributed by atoms with Gasteiger partial charge in [0.05, 0.1) is 12.7 Å². The number of hydrogen-bond acceptors (Lipinski definition) is 6. The highest BCUT2D eigenvalue weighted by molar-refractivity contribution is 7.91. The van der Waals surface area contributed by atoms with E-state index in [1.54, 1.807) is 12.3 Å². The number of sulfonamides is 1. The molecular weight excluding hydrogens is 298 g/mol. The van der Waals surface area contributed by atoms with Gasteiger partial charge < -0.3 is 10.2 Å². The number of thiophene rings is 1. The third kappa shape index (κ3) is 3.26. The van der Waals surface area contributed by atoms with Crippen LogP contribution in [0.25, 0.3) is 0 Å². The van der Waals surface area contributed by atoms with Crippen molar-refractivity contribution >= 4 is 21.4 Å². The van der Waals surface area contributed by atoms with Crippen LogP contribution in [0.3, 0.4) is 0 Å². The molecule has 0 radical (unpaired) electrons. The van der Waals surface area contributed by atoms with Crippen LogP contribution in [0.15, 0.2) is 20.9 Å². The Morgan fingerprint density at radius 2 is 2.25 bits per heavy atom. The Morgan fingerprint density at radius 1 is 1.50 bits per heavy atom. The van der Waals surface area contributed by atoms with Crippen LogP contribution in [0.4, 0.5) is 0 Å². The van der Waals surface area contributed by atoms with E-state index in [0.717, 1.165) is 22.6 Å². The lowest BCUT2D eigenvalue weighted by Gasteiger charge is -2.01. The molecular formula is C12H17N3O3S2. The van der Waals surface area contributed by atoms with Crippen molar-refractivity contribution in [1.82, 2.24) is 9.71 Å². The molecule has 6 nitrogen and oxygen atoms in total. The molecule has 110 valence electrons. The number of nitrogens with zero attached hydrogens (tertiary/aromatic N) is 1. The van der Waals surface area contributed by atoms with Gasteiger partial charge >= 0.3 is 0 Å². The molecule has 0 amide bonds. The fourth-order valence-electron chi connectivity index (χ4n) is 1.64. The van der Waals surface area contributed by atoms with Crippen LogP contribution in [-0.4, -0.2) is 13.4 Å². The van der Waals surface area contributed by atoms with Crippen LogP contribution in [-0.2, 0) is 29.5 Å². The molecule has 2 heterocycles. The molecule has 2 aromatic rings. The number of aromatic nitrogens is 1. The molecule has 8 heteroatoms. The van der Waals surface area contributed by atoms with E-state index in [4.69, 9.17) is 10.2 Å². The lowest BCUT2D eigenvalue weighted by atomic mass is 10.3. The lowest BCUT2D eigenvalue weighted by Crippen LogP contribution is -2.22. The highest BCUT2D eigenvalue weighted by Gasteiger charge is 2.19. The average molecular weight is 315 g/mol. The van der Waals surface area contributed by atoms with Crippen molar-refractivity contribution in [1.29, 1.82) is 0 Å². The van der Waals surface area contributed by atoms with Crippen molar-refractivity contribution in [3.8, 4) is 0 Å². The summed E-state index contributed by atoms with van der Waals surface area (Å²) >= 11 is 1.18. The van der Waals surface area contributed by atoms with Crippen LogP contribution in [0.5, 0.6) is 0 Å². The topological polar surface area (TPSA) is 98.2 Å². The number of nitrogens with two attached hydrogens (primary N) is 1. The molecule has 0 bridgehead atoms. The Hall–Kier alpha value is -1.22. The van der Waals surface area contributed by atoms with Crippen LogP contribution in [0, 0.1) is 6.92 Å². The zero-order valence-corrected chi connectivity index (χ0v) is 13.0. The predicted octanol–water partition coefficient (Wildman–Crippen LogP) is 1.54. The third-order valence-electron chi connectivity index (χ3n) is 2.81. The molecule has 0 atom stereocenters. The first-order valence-corrected chi connectivity index (χ1v) is 8.49. The summed E-state index contributed by atoms with van der Waals surface area (Å²) in [5.41, 5.74) is 6.45. The molecule has 0 aliphatic heterocycles. The van der Waals surface area contributed by atoms with Gasteiger partial charge in [-0.25, -0.2) is 18.1 Å². The standard InChI is InChI=1S/C12H17N3O3S2/c1-3-9-6-14-11(18-9)7-15-20(16,17)12-4-8(2)10(5-13)19-12/h4,6,15H,3,5,7,13H2,1-2H3. The minimum Gasteiger partial charge on any atom is -0.444 e. The van der Waals surface area contributed by atoms with Gasteiger partial charge in [0, 0.05) is 17.8 Å². The number of rotatable bonds is 6. The Bertz CT molecular complexity index is 689. The Kier molecular flexibility index (Phi) is 4.59. The minimum absolute atomic E-state index is 0.0389. The summed E-state index contributed by atoms with van der Waals surface area (Å²) in [6.45, 7) is 4.17. The Morgan fingerprint density at radius 3 is 2.80 bits per heavy atom. The lowest BCUT2D eigenvalue weighted by molar-refractivity contribution is 0.452. The van der Waals surface area contributed by atoms with Crippen LogP contribution in [0.1, 0.15) is 29.0 Å². The van der Waals surface area contributed by atoms with E-state index < -0.39 is 10.0 Å². The second kappa shape index (κ2) is 6.04. The monoisotopic (exact) mass is 315 g/mol. The average Bonchev–Trinajstić information content (AvgIpc) is 3.02. The van der Waals surface area contributed by atoms with Crippen LogP contribution < -0.4 is 10.5 Å². The first-order chi connectivity index (χ1) is 9.46. The van der Waals surface area contributed by atoms with Crippen molar-refractivity contribution in [2.75, 3.05) is 0 Å². The summed E-state index contributed by atoms with van der Waals surface area (Å²) < 4.78 is 32.4. The molecule has 0 aromatic carbocycles. The maximum Gasteiger partial charge on any atom is 0.250 e. The second-order valence-corrected chi connectivity index (χ2v) is 7.40. The molecule has 2 aromatic heterocycles. The van der Waals surface area contributed by atoms with Gasteiger partial charge in [0.15, 0.2) is 0 Å².